The summed E-state index contributed by atoms with van der Waals surface area (Å²) in [5, 5.41) is 12.0. The maximum absolute atomic E-state index is 13.0. The van der Waals surface area contributed by atoms with E-state index in [1.807, 2.05) is 0 Å². The molecule has 0 saturated carbocycles. The van der Waals surface area contributed by atoms with Crippen LogP contribution in [0.15, 0.2) is 22.7 Å². The van der Waals surface area contributed by atoms with E-state index in [1.165, 1.54) is 12.1 Å². The van der Waals surface area contributed by atoms with Crippen molar-refractivity contribution in [3.05, 3.63) is 34.1 Å². The molecular weight excluding hydrogens is 287 g/mol. The fourth-order valence-corrected chi connectivity index (χ4v) is 2.24. The number of benzene rings is 1. The molecular formula is C12H18BrFN2O. The monoisotopic (exact) mass is 304 g/mol. The first-order valence-electron chi connectivity index (χ1n) is 5.68. The molecule has 0 saturated heterocycles. The third kappa shape index (κ3) is 4.71. The van der Waals surface area contributed by atoms with Gasteiger partial charge in [0.25, 0.3) is 0 Å². The minimum absolute atomic E-state index is 0.00340. The second-order valence-corrected chi connectivity index (χ2v) is 4.69. The van der Waals surface area contributed by atoms with E-state index in [-0.39, 0.29) is 18.5 Å². The highest BCUT2D eigenvalue weighted by Gasteiger charge is 2.12. The number of rotatable bonds is 7. The third-order valence-corrected chi connectivity index (χ3v) is 3.24. The van der Waals surface area contributed by atoms with E-state index in [0.717, 1.165) is 29.4 Å². The summed E-state index contributed by atoms with van der Waals surface area (Å²) >= 11 is 3.34. The molecule has 1 rings (SSSR count). The van der Waals surface area contributed by atoms with Crippen molar-refractivity contribution in [3.63, 3.8) is 0 Å². The van der Waals surface area contributed by atoms with Gasteiger partial charge in [-0.3, -0.25) is 0 Å². The predicted molar refractivity (Wildman–Crippen MR) is 70.2 cm³/mol. The molecule has 0 aromatic heterocycles. The van der Waals surface area contributed by atoms with Crippen molar-refractivity contribution in [3.8, 4) is 0 Å². The van der Waals surface area contributed by atoms with E-state index >= 15 is 0 Å². The second kappa shape index (κ2) is 7.76. The van der Waals surface area contributed by atoms with E-state index < -0.39 is 0 Å². The maximum Gasteiger partial charge on any atom is 0.124 e. The molecule has 0 fully saturated rings. The average molecular weight is 305 g/mol. The number of aliphatic hydroxyl groups excluding tert-OH is 1. The zero-order valence-corrected chi connectivity index (χ0v) is 11.2. The highest BCUT2D eigenvalue weighted by molar-refractivity contribution is 9.10. The SMILES string of the molecule is NCC(NCCCCO)c1ccc(F)cc1Br. The van der Waals surface area contributed by atoms with Gasteiger partial charge in [0, 0.05) is 23.7 Å². The van der Waals surface area contributed by atoms with Gasteiger partial charge < -0.3 is 16.2 Å². The third-order valence-electron chi connectivity index (χ3n) is 2.55. The van der Waals surface area contributed by atoms with Crippen molar-refractivity contribution in [1.82, 2.24) is 5.32 Å². The van der Waals surface area contributed by atoms with E-state index in [9.17, 15) is 4.39 Å². The lowest BCUT2D eigenvalue weighted by Gasteiger charge is -2.18. The topological polar surface area (TPSA) is 58.3 Å². The number of halogens is 2. The lowest BCUT2D eigenvalue weighted by atomic mass is 10.1. The Morgan fingerprint density at radius 3 is 2.76 bits per heavy atom. The number of nitrogens with one attached hydrogen (secondary N) is 1. The van der Waals surface area contributed by atoms with Crippen LogP contribution in [0.5, 0.6) is 0 Å². The van der Waals surface area contributed by atoms with E-state index in [1.54, 1.807) is 6.07 Å². The Kier molecular flexibility index (Phi) is 6.65. The molecule has 1 aromatic rings. The van der Waals surface area contributed by atoms with Crippen LogP contribution < -0.4 is 11.1 Å². The summed E-state index contributed by atoms with van der Waals surface area (Å²) in [6, 6.07) is 4.60. The Morgan fingerprint density at radius 2 is 2.18 bits per heavy atom. The maximum atomic E-state index is 13.0. The van der Waals surface area contributed by atoms with Crippen molar-refractivity contribution >= 4 is 15.9 Å². The minimum atomic E-state index is -0.267. The number of hydrogen-bond donors (Lipinski definition) is 3. The van der Waals surface area contributed by atoms with Crippen molar-refractivity contribution in [2.75, 3.05) is 19.7 Å². The number of hydrogen-bond acceptors (Lipinski definition) is 3. The lowest BCUT2D eigenvalue weighted by Crippen LogP contribution is -2.29. The predicted octanol–water partition coefficient (Wildman–Crippen LogP) is 1.95. The van der Waals surface area contributed by atoms with Crippen molar-refractivity contribution in [2.45, 2.75) is 18.9 Å². The molecule has 96 valence electrons. The molecule has 3 nitrogen and oxygen atoms in total. The standard InChI is InChI=1S/C12H18BrFN2O/c13-11-7-9(14)3-4-10(11)12(8-15)16-5-1-2-6-17/h3-4,7,12,16-17H,1-2,5-6,8,15H2. The lowest BCUT2D eigenvalue weighted by molar-refractivity contribution is 0.282. The largest absolute Gasteiger partial charge is 0.396 e. The summed E-state index contributed by atoms with van der Waals surface area (Å²) in [6.07, 6.45) is 1.67. The van der Waals surface area contributed by atoms with Gasteiger partial charge in [0.05, 0.1) is 0 Å². The number of nitrogens with two attached hydrogens (primary N) is 1. The van der Waals surface area contributed by atoms with Crippen LogP contribution in [0.2, 0.25) is 0 Å². The highest BCUT2D eigenvalue weighted by atomic mass is 79.9. The first kappa shape index (κ1) is 14.6. The Bertz CT molecular complexity index is 349. The zero-order chi connectivity index (χ0) is 12.7. The van der Waals surface area contributed by atoms with Crippen LogP contribution >= 0.6 is 15.9 Å². The van der Waals surface area contributed by atoms with Crippen LogP contribution in [0, 0.1) is 5.82 Å². The summed E-state index contributed by atoms with van der Waals surface area (Å²) in [5.41, 5.74) is 6.66. The quantitative estimate of drug-likeness (QED) is 0.675. The van der Waals surface area contributed by atoms with Gasteiger partial charge in [0.1, 0.15) is 5.82 Å². The van der Waals surface area contributed by atoms with Gasteiger partial charge in [-0.15, -0.1) is 0 Å². The molecule has 0 aliphatic rings. The van der Waals surface area contributed by atoms with Crippen molar-refractivity contribution < 1.29 is 9.50 Å². The van der Waals surface area contributed by atoms with Crippen LogP contribution in [-0.4, -0.2) is 24.8 Å². The molecule has 0 radical (unpaired) electrons. The molecule has 1 atom stereocenters. The fourth-order valence-electron chi connectivity index (χ4n) is 1.62. The van der Waals surface area contributed by atoms with Gasteiger partial charge in [-0.1, -0.05) is 22.0 Å². The summed E-state index contributed by atoms with van der Waals surface area (Å²) < 4.78 is 13.7. The van der Waals surface area contributed by atoms with Crippen LogP contribution in [0.4, 0.5) is 4.39 Å². The fraction of sp³-hybridized carbons (Fsp3) is 0.500. The smallest absolute Gasteiger partial charge is 0.124 e. The molecule has 0 amide bonds. The Balaban J connectivity index is 2.59. The highest BCUT2D eigenvalue weighted by Crippen LogP contribution is 2.23. The van der Waals surface area contributed by atoms with Gasteiger partial charge >= 0.3 is 0 Å². The number of unbranched alkanes of at least 4 members (excludes halogenated alkanes) is 1. The molecule has 0 heterocycles. The van der Waals surface area contributed by atoms with Gasteiger partial charge in [0.15, 0.2) is 0 Å². The van der Waals surface area contributed by atoms with Gasteiger partial charge in [-0.25, -0.2) is 4.39 Å². The Labute approximate surface area is 109 Å². The minimum Gasteiger partial charge on any atom is -0.396 e. The molecule has 0 aliphatic carbocycles. The van der Waals surface area contributed by atoms with Crippen LogP contribution in [0.1, 0.15) is 24.4 Å². The van der Waals surface area contributed by atoms with Gasteiger partial charge in [-0.05, 0) is 37.1 Å². The van der Waals surface area contributed by atoms with E-state index in [0.29, 0.717) is 6.54 Å². The molecule has 5 heteroatoms. The van der Waals surface area contributed by atoms with Crippen LogP contribution in [-0.2, 0) is 0 Å². The molecule has 17 heavy (non-hydrogen) atoms. The van der Waals surface area contributed by atoms with Crippen molar-refractivity contribution in [1.29, 1.82) is 0 Å². The first-order chi connectivity index (χ1) is 8.19. The first-order valence-corrected chi connectivity index (χ1v) is 6.47. The summed E-state index contributed by atoms with van der Waals surface area (Å²) in [4.78, 5) is 0. The summed E-state index contributed by atoms with van der Waals surface area (Å²) in [5.74, 6) is -0.267. The van der Waals surface area contributed by atoms with Gasteiger partial charge in [0.2, 0.25) is 0 Å². The molecule has 0 bridgehead atoms. The Hall–Kier alpha value is -0.490. The second-order valence-electron chi connectivity index (χ2n) is 3.84. The van der Waals surface area contributed by atoms with E-state index in [4.69, 9.17) is 10.8 Å². The summed E-state index contributed by atoms with van der Waals surface area (Å²) in [6.45, 7) is 1.44. The van der Waals surface area contributed by atoms with Crippen LogP contribution in [0.25, 0.3) is 0 Å². The Morgan fingerprint density at radius 1 is 1.41 bits per heavy atom. The zero-order valence-electron chi connectivity index (χ0n) is 9.63. The van der Waals surface area contributed by atoms with Crippen LogP contribution in [0.3, 0.4) is 0 Å². The van der Waals surface area contributed by atoms with Gasteiger partial charge in [-0.2, -0.15) is 0 Å². The molecule has 0 aliphatic heterocycles. The normalized spacial score (nSPS) is 12.7. The summed E-state index contributed by atoms with van der Waals surface area (Å²) in [7, 11) is 0. The molecule has 4 N–H and O–H groups in total. The molecule has 0 spiro atoms. The van der Waals surface area contributed by atoms with E-state index in [2.05, 4.69) is 21.2 Å². The average Bonchev–Trinajstić information content (AvgIpc) is 2.31. The number of aliphatic hydroxyl groups is 1. The molecule has 1 aromatic carbocycles. The van der Waals surface area contributed by atoms with Crippen molar-refractivity contribution in [2.24, 2.45) is 5.73 Å². The molecule has 1 unspecified atom stereocenters.